The minimum absolute atomic E-state index is 0.00185. The van der Waals surface area contributed by atoms with Gasteiger partial charge in [0.1, 0.15) is 17.9 Å². The molecule has 1 aliphatic heterocycles. The second-order valence-electron chi connectivity index (χ2n) is 11.8. The van der Waals surface area contributed by atoms with E-state index in [1.54, 1.807) is 4.90 Å². The highest BCUT2D eigenvalue weighted by Gasteiger charge is 2.38. The van der Waals surface area contributed by atoms with Crippen LogP contribution in [-0.2, 0) is 10.0 Å². The number of sulfonamides is 1. The van der Waals surface area contributed by atoms with E-state index >= 15 is 0 Å². The fourth-order valence-corrected chi connectivity index (χ4v) is 6.71. The monoisotopic (exact) mass is 606 g/mol. The molecule has 1 aromatic carbocycles. The van der Waals surface area contributed by atoms with Gasteiger partial charge in [0.25, 0.3) is 5.91 Å². The van der Waals surface area contributed by atoms with Gasteiger partial charge in [-0.2, -0.15) is 0 Å². The first-order chi connectivity index (χ1) is 19.9. The standard InChI is InChI=1S/C29H43FN6O5S/c1-5-36(20(2)3)28(37)24-14-22(30)8-11-25(24)41-26-16-32-19-33-27(26)35-13-12-29(38,18-35)17-31-15-21-6-9-23(10-7-21)34-42(4,39)40/h8,11,14,16,19-21,23,31,34,38H,5-7,9-10,12-13,15,17-18H2,1-4H3. The van der Waals surface area contributed by atoms with Crippen LogP contribution in [0.5, 0.6) is 11.5 Å². The van der Waals surface area contributed by atoms with E-state index in [9.17, 15) is 22.7 Å². The highest BCUT2D eigenvalue weighted by atomic mass is 32.2. The van der Waals surface area contributed by atoms with Gasteiger partial charge in [0, 0.05) is 38.3 Å². The number of anilines is 1. The van der Waals surface area contributed by atoms with Crippen LogP contribution in [0.1, 0.15) is 63.2 Å². The largest absolute Gasteiger partial charge is 0.451 e. The van der Waals surface area contributed by atoms with Crippen molar-refractivity contribution in [3.8, 4) is 11.5 Å². The Morgan fingerprint density at radius 3 is 2.67 bits per heavy atom. The zero-order chi connectivity index (χ0) is 30.5. The van der Waals surface area contributed by atoms with Crippen LogP contribution in [0.25, 0.3) is 0 Å². The molecule has 2 aromatic rings. The van der Waals surface area contributed by atoms with Crippen LogP contribution in [0.15, 0.2) is 30.7 Å². The third kappa shape index (κ3) is 8.36. The Morgan fingerprint density at radius 2 is 2.00 bits per heavy atom. The molecule has 1 aromatic heterocycles. The normalized spacial score (nSPS) is 22.9. The number of halogens is 1. The zero-order valence-corrected chi connectivity index (χ0v) is 25.7. The molecule has 11 nitrogen and oxygen atoms in total. The summed E-state index contributed by atoms with van der Waals surface area (Å²) in [5, 5.41) is 14.8. The van der Waals surface area contributed by atoms with Crippen LogP contribution in [0.2, 0.25) is 0 Å². The van der Waals surface area contributed by atoms with Crippen molar-refractivity contribution in [2.75, 3.05) is 43.9 Å². The Kier molecular flexibility index (Phi) is 10.4. The molecule has 1 aliphatic carbocycles. The number of carbonyl (C=O) groups excluding carboxylic acids is 1. The number of nitrogens with one attached hydrogen (secondary N) is 2. The van der Waals surface area contributed by atoms with Gasteiger partial charge in [-0.3, -0.25) is 4.79 Å². The first kappa shape index (κ1) is 32.1. The Morgan fingerprint density at radius 1 is 1.26 bits per heavy atom. The second-order valence-corrected chi connectivity index (χ2v) is 13.6. The minimum Gasteiger partial charge on any atom is -0.451 e. The van der Waals surface area contributed by atoms with Gasteiger partial charge in [-0.05, 0) is 83.5 Å². The Bertz CT molecular complexity index is 1340. The number of β-amino-alcohol motifs (C(OH)–C–C–N with tert-alkyl or cyclic N) is 1. The van der Waals surface area contributed by atoms with Gasteiger partial charge in [-0.15, -0.1) is 0 Å². The van der Waals surface area contributed by atoms with E-state index in [1.807, 2.05) is 25.7 Å². The number of rotatable bonds is 12. The third-order valence-electron chi connectivity index (χ3n) is 8.02. The Labute approximate surface area is 247 Å². The molecule has 2 aliphatic rings. The maximum atomic E-state index is 14.2. The van der Waals surface area contributed by atoms with E-state index in [0.717, 1.165) is 32.2 Å². The summed E-state index contributed by atoms with van der Waals surface area (Å²) >= 11 is 0. The maximum absolute atomic E-state index is 14.2. The lowest BCUT2D eigenvalue weighted by Gasteiger charge is -2.30. The van der Waals surface area contributed by atoms with Crippen LogP contribution in [0.3, 0.4) is 0 Å². The number of carbonyl (C=O) groups is 1. The molecule has 13 heteroatoms. The van der Waals surface area contributed by atoms with E-state index in [4.69, 9.17) is 4.74 Å². The van der Waals surface area contributed by atoms with Crippen LogP contribution < -0.4 is 19.7 Å². The van der Waals surface area contributed by atoms with Crippen LogP contribution in [0.4, 0.5) is 10.2 Å². The summed E-state index contributed by atoms with van der Waals surface area (Å²) in [4.78, 5) is 25.3. The zero-order valence-electron chi connectivity index (χ0n) is 24.8. The number of amides is 1. The fourth-order valence-electron chi connectivity index (χ4n) is 5.87. The van der Waals surface area contributed by atoms with Crippen molar-refractivity contribution < 1.29 is 27.4 Å². The van der Waals surface area contributed by atoms with Crippen molar-refractivity contribution >= 4 is 21.7 Å². The maximum Gasteiger partial charge on any atom is 0.257 e. The molecule has 2 fully saturated rings. The molecule has 1 amide bonds. The lowest BCUT2D eigenvalue weighted by Crippen LogP contribution is -2.45. The highest BCUT2D eigenvalue weighted by Crippen LogP contribution is 2.36. The molecule has 1 unspecified atom stereocenters. The smallest absolute Gasteiger partial charge is 0.257 e. The van der Waals surface area contributed by atoms with Gasteiger partial charge < -0.3 is 25.0 Å². The predicted octanol–water partition coefficient (Wildman–Crippen LogP) is 2.92. The molecule has 232 valence electrons. The number of hydrogen-bond donors (Lipinski definition) is 3. The number of hydrogen-bond acceptors (Lipinski definition) is 9. The van der Waals surface area contributed by atoms with Crippen molar-refractivity contribution in [2.24, 2.45) is 5.92 Å². The van der Waals surface area contributed by atoms with E-state index in [1.165, 1.54) is 37.0 Å². The molecule has 0 bridgehead atoms. The number of ether oxygens (including phenoxy) is 1. The van der Waals surface area contributed by atoms with Crippen LogP contribution in [0, 0.1) is 11.7 Å². The Hall–Kier alpha value is -2.87. The lowest BCUT2D eigenvalue weighted by molar-refractivity contribution is 0.0612. The summed E-state index contributed by atoms with van der Waals surface area (Å²) in [5.41, 5.74) is -0.865. The molecule has 0 radical (unpaired) electrons. The highest BCUT2D eigenvalue weighted by molar-refractivity contribution is 7.88. The van der Waals surface area contributed by atoms with Crippen molar-refractivity contribution in [2.45, 2.75) is 70.6 Å². The lowest BCUT2D eigenvalue weighted by atomic mass is 9.86. The van der Waals surface area contributed by atoms with Gasteiger partial charge in [-0.25, -0.2) is 27.5 Å². The van der Waals surface area contributed by atoms with Crippen molar-refractivity contribution in [1.29, 1.82) is 0 Å². The van der Waals surface area contributed by atoms with Crippen molar-refractivity contribution in [3.63, 3.8) is 0 Å². The summed E-state index contributed by atoms with van der Waals surface area (Å²) in [6.45, 7) is 8.16. The van der Waals surface area contributed by atoms with Crippen molar-refractivity contribution in [3.05, 3.63) is 42.1 Å². The van der Waals surface area contributed by atoms with E-state index < -0.39 is 21.4 Å². The van der Waals surface area contributed by atoms with Gasteiger partial charge in [-0.1, -0.05) is 0 Å². The number of nitrogens with zero attached hydrogens (tertiary/aromatic N) is 4. The van der Waals surface area contributed by atoms with E-state index in [2.05, 4.69) is 20.0 Å². The first-order valence-corrected chi connectivity index (χ1v) is 16.5. The van der Waals surface area contributed by atoms with Gasteiger partial charge in [0.2, 0.25) is 10.0 Å². The molecule has 0 spiro atoms. The van der Waals surface area contributed by atoms with E-state index in [0.29, 0.717) is 50.1 Å². The molecule has 1 saturated carbocycles. The number of aliphatic hydroxyl groups is 1. The molecule has 3 N–H and O–H groups in total. The molecule has 42 heavy (non-hydrogen) atoms. The molecular weight excluding hydrogens is 563 g/mol. The third-order valence-corrected chi connectivity index (χ3v) is 8.78. The summed E-state index contributed by atoms with van der Waals surface area (Å²) in [5.74, 6) is 0.554. The van der Waals surface area contributed by atoms with Gasteiger partial charge in [0.15, 0.2) is 11.6 Å². The average molecular weight is 607 g/mol. The molecule has 2 heterocycles. The fraction of sp³-hybridized carbons (Fsp3) is 0.621. The van der Waals surface area contributed by atoms with E-state index in [-0.39, 0.29) is 29.3 Å². The quantitative estimate of drug-likeness (QED) is 0.333. The summed E-state index contributed by atoms with van der Waals surface area (Å²) in [6, 6.07) is 3.79. The topological polar surface area (TPSA) is 137 Å². The molecule has 4 rings (SSSR count). The van der Waals surface area contributed by atoms with Crippen LogP contribution >= 0.6 is 0 Å². The van der Waals surface area contributed by atoms with Crippen molar-refractivity contribution in [1.82, 2.24) is 24.9 Å². The molecule has 1 saturated heterocycles. The van der Waals surface area contributed by atoms with Gasteiger partial charge in [0.05, 0.1) is 23.6 Å². The van der Waals surface area contributed by atoms with Gasteiger partial charge >= 0.3 is 0 Å². The summed E-state index contributed by atoms with van der Waals surface area (Å²) in [6.07, 6.45) is 8.09. The minimum atomic E-state index is -3.20. The Balaban J connectivity index is 1.38. The average Bonchev–Trinajstić information content (AvgIpc) is 3.32. The molecule has 1 atom stereocenters. The second kappa shape index (κ2) is 13.6. The summed E-state index contributed by atoms with van der Waals surface area (Å²) < 4.78 is 46.0. The predicted molar refractivity (Wildman–Crippen MR) is 159 cm³/mol. The first-order valence-electron chi connectivity index (χ1n) is 14.6. The molecular formula is C29H43FN6O5S. The number of benzene rings is 1. The summed E-state index contributed by atoms with van der Waals surface area (Å²) in [7, 11) is -3.20. The van der Waals surface area contributed by atoms with Crippen LogP contribution in [-0.4, -0.2) is 91.0 Å². The SMILES string of the molecule is CCN(C(=O)c1cc(F)ccc1Oc1cncnc1N1CCC(O)(CNCC2CCC(NS(C)(=O)=O)CC2)C1)C(C)C. The number of aromatic nitrogens is 2.